The minimum absolute atomic E-state index is 0. The van der Waals surface area contributed by atoms with E-state index in [-0.39, 0.29) is 18.2 Å². The average molecular weight is 228 g/mol. The van der Waals surface area contributed by atoms with E-state index < -0.39 is 0 Å². The minimum Gasteiger partial charge on any atom is -0.464 e. The highest BCUT2D eigenvalue weighted by Crippen LogP contribution is 2.30. The predicted octanol–water partition coefficient (Wildman–Crippen LogP) is 2.68. The fourth-order valence-electron chi connectivity index (χ4n) is 1.85. The number of halogens is 2. The quantitative estimate of drug-likeness (QED) is 0.811. The highest BCUT2D eigenvalue weighted by atomic mass is 35.5. The van der Waals surface area contributed by atoms with E-state index in [9.17, 15) is 4.39 Å². The molecular formula is C11H11ClFNO. The lowest BCUT2D eigenvalue weighted by molar-refractivity contribution is 0.445. The van der Waals surface area contributed by atoms with E-state index in [1.165, 1.54) is 17.7 Å². The number of hydrogen-bond acceptors (Lipinski definition) is 2. The molecule has 1 aromatic heterocycles. The van der Waals surface area contributed by atoms with Crippen molar-refractivity contribution in [2.45, 2.75) is 5.92 Å². The fraction of sp³-hybridized carbons (Fsp3) is 0.273. The van der Waals surface area contributed by atoms with Crippen LogP contribution in [0.25, 0.3) is 11.0 Å². The number of rotatable bonds is 1. The molecule has 0 saturated carbocycles. The molecule has 1 N–H and O–H groups in total. The monoisotopic (exact) mass is 227 g/mol. The molecule has 1 fully saturated rings. The van der Waals surface area contributed by atoms with Gasteiger partial charge in [0, 0.05) is 36.0 Å². The molecule has 0 bridgehead atoms. The molecule has 2 aromatic rings. The summed E-state index contributed by atoms with van der Waals surface area (Å²) >= 11 is 0. The van der Waals surface area contributed by atoms with E-state index in [0.717, 1.165) is 18.5 Å². The number of nitrogens with one attached hydrogen (secondary N) is 1. The fourth-order valence-corrected chi connectivity index (χ4v) is 1.85. The highest BCUT2D eigenvalue weighted by Gasteiger charge is 2.22. The van der Waals surface area contributed by atoms with Crippen LogP contribution >= 0.6 is 12.4 Å². The normalized spacial score (nSPS) is 16.1. The molecule has 1 saturated heterocycles. The van der Waals surface area contributed by atoms with Crippen LogP contribution in [-0.2, 0) is 0 Å². The Kier molecular flexibility index (Phi) is 2.67. The Morgan fingerprint density at radius 2 is 2.13 bits per heavy atom. The molecule has 1 aromatic carbocycles. The topological polar surface area (TPSA) is 25.2 Å². The van der Waals surface area contributed by atoms with Crippen molar-refractivity contribution >= 4 is 23.4 Å². The molecule has 0 unspecified atom stereocenters. The average Bonchev–Trinajstić information content (AvgIpc) is 2.45. The summed E-state index contributed by atoms with van der Waals surface area (Å²) in [5.74, 6) is 0.284. The molecule has 2 heterocycles. The lowest BCUT2D eigenvalue weighted by atomic mass is 9.93. The molecule has 0 atom stereocenters. The van der Waals surface area contributed by atoms with Gasteiger partial charge in [-0.3, -0.25) is 0 Å². The summed E-state index contributed by atoms with van der Waals surface area (Å²) in [6, 6.07) is 4.71. The van der Waals surface area contributed by atoms with Crippen molar-refractivity contribution in [3.05, 3.63) is 35.8 Å². The second-order valence-electron chi connectivity index (χ2n) is 3.69. The summed E-state index contributed by atoms with van der Waals surface area (Å²) in [6.45, 7) is 1.98. The summed E-state index contributed by atoms with van der Waals surface area (Å²) in [6.07, 6.45) is 1.75. The van der Waals surface area contributed by atoms with Gasteiger partial charge in [0.2, 0.25) is 0 Å². The molecule has 0 aliphatic carbocycles. The maximum Gasteiger partial charge on any atom is 0.137 e. The van der Waals surface area contributed by atoms with Crippen molar-refractivity contribution in [1.29, 1.82) is 0 Å². The van der Waals surface area contributed by atoms with E-state index in [4.69, 9.17) is 4.42 Å². The Labute approximate surface area is 92.9 Å². The van der Waals surface area contributed by atoms with Crippen molar-refractivity contribution in [1.82, 2.24) is 5.32 Å². The lowest BCUT2D eigenvalue weighted by Gasteiger charge is -2.26. The van der Waals surface area contributed by atoms with Gasteiger partial charge in [-0.05, 0) is 12.1 Å². The molecule has 4 heteroatoms. The van der Waals surface area contributed by atoms with Gasteiger partial charge in [0.1, 0.15) is 11.4 Å². The number of furan rings is 1. The zero-order valence-corrected chi connectivity index (χ0v) is 8.81. The molecule has 0 amide bonds. The van der Waals surface area contributed by atoms with Gasteiger partial charge in [-0.2, -0.15) is 0 Å². The molecule has 1 aliphatic heterocycles. The Morgan fingerprint density at radius 3 is 2.80 bits per heavy atom. The van der Waals surface area contributed by atoms with Crippen LogP contribution in [0.1, 0.15) is 11.5 Å². The van der Waals surface area contributed by atoms with E-state index in [2.05, 4.69) is 5.32 Å². The maximum absolute atomic E-state index is 12.9. The molecule has 15 heavy (non-hydrogen) atoms. The molecule has 3 rings (SSSR count). The van der Waals surface area contributed by atoms with Crippen LogP contribution in [0, 0.1) is 5.82 Å². The standard InChI is InChI=1S/C11H10FNO.ClH/c12-8-1-2-9-10(7-4-13-5-7)6-14-11(9)3-8;/h1-3,6-7,13H,4-5H2;1H. The first kappa shape index (κ1) is 10.5. The first-order valence-electron chi connectivity index (χ1n) is 4.72. The summed E-state index contributed by atoms with van der Waals surface area (Å²) in [7, 11) is 0. The summed E-state index contributed by atoms with van der Waals surface area (Å²) < 4.78 is 18.2. The van der Waals surface area contributed by atoms with Crippen LogP contribution in [0.2, 0.25) is 0 Å². The third kappa shape index (κ3) is 1.62. The first-order chi connectivity index (χ1) is 6.84. The van der Waals surface area contributed by atoms with Crippen LogP contribution in [0.15, 0.2) is 28.9 Å². The van der Waals surface area contributed by atoms with E-state index in [1.807, 2.05) is 0 Å². The number of benzene rings is 1. The van der Waals surface area contributed by atoms with Gasteiger partial charge < -0.3 is 9.73 Å². The largest absolute Gasteiger partial charge is 0.464 e. The van der Waals surface area contributed by atoms with Gasteiger partial charge in [-0.15, -0.1) is 12.4 Å². The highest BCUT2D eigenvalue weighted by molar-refractivity contribution is 5.85. The summed E-state index contributed by atoms with van der Waals surface area (Å²) in [5.41, 5.74) is 1.84. The molecule has 1 aliphatic rings. The maximum atomic E-state index is 12.9. The van der Waals surface area contributed by atoms with Crippen LogP contribution in [0.3, 0.4) is 0 Å². The number of fused-ring (bicyclic) bond motifs is 1. The lowest BCUT2D eigenvalue weighted by Crippen LogP contribution is -2.39. The minimum atomic E-state index is -0.245. The smallest absolute Gasteiger partial charge is 0.137 e. The Bertz CT molecular complexity index is 478. The van der Waals surface area contributed by atoms with Gasteiger partial charge in [-0.25, -0.2) is 4.39 Å². The van der Waals surface area contributed by atoms with Crippen LogP contribution < -0.4 is 5.32 Å². The van der Waals surface area contributed by atoms with Gasteiger partial charge in [0.25, 0.3) is 0 Å². The Morgan fingerprint density at radius 1 is 1.33 bits per heavy atom. The molecule has 0 spiro atoms. The Balaban J connectivity index is 0.000000853. The van der Waals surface area contributed by atoms with Crippen LogP contribution in [0.5, 0.6) is 0 Å². The van der Waals surface area contributed by atoms with Crippen LogP contribution in [0.4, 0.5) is 4.39 Å². The molecule has 2 nitrogen and oxygen atoms in total. The van der Waals surface area contributed by atoms with Crippen molar-refractivity contribution < 1.29 is 8.81 Å². The van der Waals surface area contributed by atoms with Crippen LogP contribution in [-0.4, -0.2) is 13.1 Å². The van der Waals surface area contributed by atoms with Crippen molar-refractivity contribution in [2.24, 2.45) is 0 Å². The van der Waals surface area contributed by atoms with Gasteiger partial charge in [0.15, 0.2) is 0 Å². The third-order valence-corrected chi connectivity index (χ3v) is 2.79. The number of hydrogen-bond donors (Lipinski definition) is 1. The van der Waals surface area contributed by atoms with Gasteiger partial charge in [0.05, 0.1) is 6.26 Å². The van der Waals surface area contributed by atoms with Crippen molar-refractivity contribution in [3.63, 3.8) is 0 Å². The van der Waals surface area contributed by atoms with E-state index >= 15 is 0 Å². The molecular weight excluding hydrogens is 217 g/mol. The second kappa shape index (κ2) is 3.83. The van der Waals surface area contributed by atoms with Crippen molar-refractivity contribution in [3.8, 4) is 0 Å². The van der Waals surface area contributed by atoms with E-state index in [0.29, 0.717) is 11.5 Å². The zero-order valence-electron chi connectivity index (χ0n) is 8.00. The Hall–Kier alpha value is -1.06. The summed E-state index contributed by atoms with van der Waals surface area (Å²) in [5, 5.41) is 4.25. The molecule has 80 valence electrons. The second-order valence-corrected chi connectivity index (χ2v) is 3.69. The van der Waals surface area contributed by atoms with E-state index in [1.54, 1.807) is 12.3 Å². The third-order valence-electron chi connectivity index (χ3n) is 2.79. The predicted molar refractivity (Wildman–Crippen MR) is 59.0 cm³/mol. The van der Waals surface area contributed by atoms with Crippen molar-refractivity contribution in [2.75, 3.05) is 13.1 Å². The van der Waals surface area contributed by atoms with Gasteiger partial charge in [-0.1, -0.05) is 0 Å². The first-order valence-corrected chi connectivity index (χ1v) is 4.72. The SMILES string of the molecule is Cl.Fc1ccc2c(C3CNC3)coc2c1. The molecule has 0 radical (unpaired) electrons. The zero-order chi connectivity index (χ0) is 9.54. The van der Waals surface area contributed by atoms with Gasteiger partial charge >= 0.3 is 0 Å². The summed E-state index contributed by atoms with van der Waals surface area (Å²) in [4.78, 5) is 0.